The van der Waals surface area contributed by atoms with Gasteiger partial charge in [-0.1, -0.05) is 11.6 Å². The molecule has 0 spiro atoms. The fourth-order valence-electron chi connectivity index (χ4n) is 3.92. The second-order valence-electron chi connectivity index (χ2n) is 7.38. The van der Waals surface area contributed by atoms with Crippen LogP contribution < -0.4 is 11.0 Å². The van der Waals surface area contributed by atoms with Crippen LogP contribution in [-0.4, -0.2) is 62.5 Å². The summed E-state index contributed by atoms with van der Waals surface area (Å²) < 4.78 is 14.1. The molecule has 11 heteroatoms. The molecule has 2 N–H and O–H groups in total. The minimum Gasteiger partial charge on any atom is -0.383 e. The lowest BCUT2D eigenvalue weighted by Crippen LogP contribution is -2.27. The molecule has 1 fully saturated rings. The standard InChI is InChI=1S/C20H22ClN7O3/c1-30-9-6-22-17-16-18(28(20(29)24-16)13-4-7-31-8-5-13)26-19(25-17)27-11-23-14-3-2-12(21)10-15(14)27/h2-3,10-11,13H,4-9H2,1H3,(H,24,29)(H,22,25,26). The fraction of sp³-hybridized carbons (Fsp3) is 0.400. The molecule has 4 aromatic rings. The number of halogens is 1. The molecule has 0 saturated carbocycles. The van der Waals surface area contributed by atoms with Crippen molar-refractivity contribution in [2.75, 3.05) is 38.8 Å². The number of hydrogen-bond donors (Lipinski definition) is 2. The summed E-state index contributed by atoms with van der Waals surface area (Å²) in [6.07, 6.45) is 3.16. The van der Waals surface area contributed by atoms with Crippen molar-refractivity contribution < 1.29 is 9.47 Å². The Labute approximate surface area is 182 Å². The van der Waals surface area contributed by atoms with Gasteiger partial charge in [-0.2, -0.15) is 9.97 Å². The van der Waals surface area contributed by atoms with E-state index in [4.69, 9.17) is 26.1 Å². The topological polar surface area (TPSA) is 112 Å². The molecule has 1 aromatic carbocycles. The van der Waals surface area contributed by atoms with Crippen molar-refractivity contribution in [3.8, 4) is 5.95 Å². The number of hydrogen-bond acceptors (Lipinski definition) is 7. The van der Waals surface area contributed by atoms with Crippen LogP contribution in [0.15, 0.2) is 29.3 Å². The Morgan fingerprint density at radius 3 is 2.97 bits per heavy atom. The van der Waals surface area contributed by atoms with E-state index in [1.54, 1.807) is 28.6 Å². The van der Waals surface area contributed by atoms with Gasteiger partial charge in [0, 0.05) is 37.9 Å². The quantitative estimate of drug-likeness (QED) is 0.440. The van der Waals surface area contributed by atoms with Crippen LogP contribution in [0.4, 0.5) is 5.82 Å². The number of H-pyrrole nitrogens is 1. The first-order valence-corrected chi connectivity index (χ1v) is 10.5. The maximum atomic E-state index is 12.9. The zero-order valence-electron chi connectivity index (χ0n) is 17.0. The molecule has 4 heterocycles. The summed E-state index contributed by atoms with van der Waals surface area (Å²) in [6, 6.07) is 5.47. The van der Waals surface area contributed by atoms with Gasteiger partial charge < -0.3 is 19.8 Å². The minimum atomic E-state index is -0.207. The van der Waals surface area contributed by atoms with Crippen molar-refractivity contribution in [1.82, 2.24) is 29.1 Å². The molecule has 0 atom stereocenters. The van der Waals surface area contributed by atoms with Crippen LogP contribution in [0.25, 0.3) is 28.1 Å². The first-order valence-electron chi connectivity index (χ1n) is 10.1. The highest BCUT2D eigenvalue weighted by Gasteiger charge is 2.24. The molecule has 3 aromatic heterocycles. The second kappa shape index (κ2) is 8.29. The van der Waals surface area contributed by atoms with Crippen molar-refractivity contribution >= 4 is 39.6 Å². The Balaban J connectivity index is 1.70. The van der Waals surface area contributed by atoms with Gasteiger partial charge in [0.05, 0.1) is 17.6 Å². The molecule has 162 valence electrons. The molecule has 0 unspecified atom stereocenters. The van der Waals surface area contributed by atoms with Gasteiger partial charge in [0.25, 0.3) is 0 Å². The Hall–Kier alpha value is -2.95. The van der Waals surface area contributed by atoms with Crippen LogP contribution in [0, 0.1) is 0 Å². The Kier molecular flexibility index (Phi) is 5.34. The average molecular weight is 444 g/mol. The van der Waals surface area contributed by atoms with Crippen molar-refractivity contribution in [2.45, 2.75) is 18.9 Å². The Morgan fingerprint density at radius 1 is 1.32 bits per heavy atom. The summed E-state index contributed by atoms with van der Waals surface area (Å²) in [7, 11) is 1.63. The van der Waals surface area contributed by atoms with Gasteiger partial charge in [-0.05, 0) is 31.0 Å². The maximum absolute atomic E-state index is 12.9. The lowest BCUT2D eigenvalue weighted by atomic mass is 10.1. The molecule has 0 amide bonds. The maximum Gasteiger partial charge on any atom is 0.328 e. The molecular formula is C20H22ClN7O3. The molecule has 0 radical (unpaired) electrons. The van der Waals surface area contributed by atoms with Crippen molar-refractivity contribution in [1.29, 1.82) is 0 Å². The largest absolute Gasteiger partial charge is 0.383 e. The van der Waals surface area contributed by atoms with E-state index in [0.717, 1.165) is 23.9 Å². The number of imidazole rings is 2. The third-order valence-electron chi connectivity index (χ3n) is 5.44. The molecule has 1 aliphatic heterocycles. The molecule has 5 rings (SSSR count). The van der Waals surface area contributed by atoms with Gasteiger partial charge in [0.1, 0.15) is 11.8 Å². The van der Waals surface area contributed by atoms with Crippen molar-refractivity contribution in [2.24, 2.45) is 0 Å². The van der Waals surface area contributed by atoms with Crippen LogP contribution in [0.3, 0.4) is 0 Å². The summed E-state index contributed by atoms with van der Waals surface area (Å²) in [5.74, 6) is 0.931. The number of aromatic amines is 1. The second-order valence-corrected chi connectivity index (χ2v) is 7.82. The zero-order valence-corrected chi connectivity index (χ0v) is 17.7. The number of ether oxygens (including phenoxy) is 2. The molecule has 0 aliphatic carbocycles. The van der Waals surface area contributed by atoms with E-state index >= 15 is 0 Å². The van der Waals surface area contributed by atoms with E-state index in [-0.39, 0.29) is 11.7 Å². The van der Waals surface area contributed by atoms with Gasteiger partial charge >= 0.3 is 5.69 Å². The summed E-state index contributed by atoms with van der Waals surface area (Å²) in [6.45, 7) is 2.26. The van der Waals surface area contributed by atoms with Crippen LogP contribution >= 0.6 is 11.6 Å². The average Bonchev–Trinajstić information content (AvgIpc) is 3.34. The fourth-order valence-corrected chi connectivity index (χ4v) is 4.09. The van der Waals surface area contributed by atoms with Gasteiger partial charge in [0.2, 0.25) is 5.95 Å². The van der Waals surface area contributed by atoms with E-state index in [1.807, 2.05) is 12.1 Å². The Bertz CT molecular complexity index is 1290. The first-order chi connectivity index (χ1) is 15.2. The monoisotopic (exact) mass is 443 g/mol. The number of anilines is 1. The molecule has 10 nitrogen and oxygen atoms in total. The lowest BCUT2D eigenvalue weighted by Gasteiger charge is -2.23. The van der Waals surface area contributed by atoms with Gasteiger partial charge in [-0.15, -0.1) is 0 Å². The van der Waals surface area contributed by atoms with Gasteiger partial charge in [-0.3, -0.25) is 9.13 Å². The van der Waals surface area contributed by atoms with Crippen molar-refractivity contribution in [3.05, 3.63) is 40.0 Å². The number of nitrogens with zero attached hydrogens (tertiary/aromatic N) is 5. The summed E-state index contributed by atoms with van der Waals surface area (Å²) in [5, 5.41) is 3.84. The summed E-state index contributed by atoms with van der Waals surface area (Å²) in [4.78, 5) is 29.7. The van der Waals surface area contributed by atoms with E-state index in [0.29, 0.717) is 54.3 Å². The summed E-state index contributed by atoms with van der Waals surface area (Å²) in [5.41, 5.74) is 2.47. The number of nitrogens with one attached hydrogen (secondary N) is 2. The highest BCUT2D eigenvalue weighted by atomic mass is 35.5. The predicted octanol–water partition coefficient (Wildman–Crippen LogP) is 2.52. The molecule has 1 aliphatic rings. The summed E-state index contributed by atoms with van der Waals surface area (Å²) >= 11 is 6.21. The molecule has 1 saturated heterocycles. The minimum absolute atomic E-state index is 0.0125. The van der Waals surface area contributed by atoms with Crippen LogP contribution in [-0.2, 0) is 9.47 Å². The van der Waals surface area contributed by atoms with E-state index < -0.39 is 0 Å². The van der Waals surface area contributed by atoms with Gasteiger partial charge in [0.15, 0.2) is 11.5 Å². The van der Waals surface area contributed by atoms with Crippen molar-refractivity contribution in [3.63, 3.8) is 0 Å². The highest BCUT2D eigenvalue weighted by molar-refractivity contribution is 6.31. The number of aromatic nitrogens is 6. The van der Waals surface area contributed by atoms with Crippen LogP contribution in [0.1, 0.15) is 18.9 Å². The lowest BCUT2D eigenvalue weighted by molar-refractivity contribution is 0.0697. The number of fused-ring (bicyclic) bond motifs is 2. The van der Waals surface area contributed by atoms with Gasteiger partial charge in [-0.25, -0.2) is 9.78 Å². The number of methoxy groups -OCH3 is 1. The SMILES string of the molecule is COCCNc1nc(-n2cnc3ccc(Cl)cc32)nc2c1[nH]c(=O)n2C1CCOCC1. The zero-order chi connectivity index (χ0) is 21.4. The van der Waals surface area contributed by atoms with E-state index in [1.165, 1.54) is 0 Å². The number of rotatable bonds is 6. The molecular weight excluding hydrogens is 422 g/mol. The smallest absolute Gasteiger partial charge is 0.328 e. The van der Waals surface area contributed by atoms with E-state index in [2.05, 4.69) is 20.3 Å². The normalized spacial score (nSPS) is 15.2. The third kappa shape index (κ3) is 3.67. The highest BCUT2D eigenvalue weighted by Crippen LogP contribution is 2.27. The Morgan fingerprint density at radius 2 is 2.16 bits per heavy atom. The van der Waals surface area contributed by atoms with E-state index in [9.17, 15) is 4.79 Å². The molecule has 0 bridgehead atoms. The third-order valence-corrected chi connectivity index (χ3v) is 5.67. The number of benzene rings is 1. The van der Waals surface area contributed by atoms with Crippen LogP contribution in [0.5, 0.6) is 0 Å². The predicted molar refractivity (Wildman–Crippen MR) is 117 cm³/mol. The molecule has 31 heavy (non-hydrogen) atoms. The first kappa shape index (κ1) is 20.0. The van der Waals surface area contributed by atoms with Crippen LogP contribution in [0.2, 0.25) is 5.02 Å².